The number of fused-ring (bicyclic) bond motifs is 2. The quantitative estimate of drug-likeness (QED) is 0.406. The summed E-state index contributed by atoms with van der Waals surface area (Å²) in [5.41, 5.74) is 4.13. The van der Waals surface area contributed by atoms with E-state index in [1.165, 1.54) is 11.1 Å². The highest BCUT2D eigenvalue weighted by Gasteiger charge is 2.23. The summed E-state index contributed by atoms with van der Waals surface area (Å²) in [6.07, 6.45) is 0.886. The van der Waals surface area contributed by atoms with E-state index in [9.17, 15) is 4.79 Å². The van der Waals surface area contributed by atoms with Gasteiger partial charge in [0.1, 0.15) is 0 Å². The normalized spacial score (nSPS) is 11.5. The highest BCUT2D eigenvalue weighted by molar-refractivity contribution is 7.22. The lowest BCUT2D eigenvalue weighted by Gasteiger charge is -2.22. The Morgan fingerprint density at radius 3 is 2.53 bits per heavy atom. The van der Waals surface area contributed by atoms with Gasteiger partial charge in [-0.3, -0.25) is 9.69 Å². The van der Waals surface area contributed by atoms with E-state index in [0.717, 1.165) is 44.6 Å². The third kappa shape index (κ3) is 3.95. The van der Waals surface area contributed by atoms with Gasteiger partial charge in [-0.1, -0.05) is 53.8 Å². The molecule has 5 heteroatoms. The highest BCUT2D eigenvalue weighted by atomic mass is 32.1. The summed E-state index contributed by atoms with van der Waals surface area (Å²) in [5.74, 6) is 0.0130. The van der Waals surface area contributed by atoms with E-state index < -0.39 is 0 Å². The number of carbonyl (C=O) groups excluding carboxylic acids is 1. The van der Waals surface area contributed by atoms with Crippen molar-refractivity contribution >= 4 is 43.4 Å². The summed E-state index contributed by atoms with van der Waals surface area (Å²) in [4.78, 5) is 22.7. The van der Waals surface area contributed by atoms with Gasteiger partial charge in [-0.05, 0) is 74.9 Å². The fraction of sp³-hybridized carbons (Fsp3) is 0.280. The molecule has 0 saturated carbocycles. The number of thiazole rings is 1. The Hall–Kier alpha value is -2.76. The Labute approximate surface area is 181 Å². The molecule has 0 aliphatic carbocycles. The molecule has 1 amide bonds. The van der Waals surface area contributed by atoms with Gasteiger partial charge in [-0.2, -0.15) is 0 Å². The topological polar surface area (TPSA) is 36.4 Å². The molecule has 0 radical (unpaired) electrons. The molecule has 4 aromatic rings. The molecule has 4 rings (SSSR count). The van der Waals surface area contributed by atoms with E-state index in [1.54, 1.807) is 11.3 Å². The molecule has 0 bridgehead atoms. The van der Waals surface area contributed by atoms with Gasteiger partial charge >= 0.3 is 0 Å². The number of anilines is 1. The van der Waals surface area contributed by atoms with Crippen molar-refractivity contribution in [3.63, 3.8) is 0 Å². The van der Waals surface area contributed by atoms with Crippen LogP contribution in [0.15, 0.2) is 54.6 Å². The Balaban J connectivity index is 1.78. The maximum absolute atomic E-state index is 13.7. The largest absolute Gasteiger partial charge is 0.309 e. The number of aryl methyl sites for hydroxylation is 2. The van der Waals surface area contributed by atoms with Crippen molar-refractivity contribution in [3.05, 3.63) is 71.3 Å². The van der Waals surface area contributed by atoms with Gasteiger partial charge in [-0.25, -0.2) is 4.98 Å². The number of nitrogens with zero attached hydrogens (tertiary/aromatic N) is 3. The second-order valence-corrected chi connectivity index (χ2v) is 9.00. The van der Waals surface area contributed by atoms with Crippen molar-refractivity contribution < 1.29 is 4.79 Å². The summed E-state index contributed by atoms with van der Waals surface area (Å²) in [5, 5.41) is 2.83. The number of hydrogen-bond acceptors (Lipinski definition) is 4. The fourth-order valence-corrected chi connectivity index (χ4v) is 4.77. The van der Waals surface area contributed by atoms with Gasteiger partial charge in [0, 0.05) is 12.1 Å². The number of amides is 1. The van der Waals surface area contributed by atoms with Crippen LogP contribution < -0.4 is 4.90 Å². The zero-order chi connectivity index (χ0) is 21.3. The predicted octanol–water partition coefficient (Wildman–Crippen LogP) is 5.66. The molecule has 0 N–H and O–H groups in total. The van der Waals surface area contributed by atoms with Crippen LogP contribution >= 0.6 is 11.3 Å². The third-order valence-electron chi connectivity index (χ3n) is 5.56. The lowest BCUT2D eigenvalue weighted by molar-refractivity contribution is 0.0987. The predicted molar refractivity (Wildman–Crippen MR) is 128 cm³/mol. The van der Waals surface area contributed by atoms with Gasteiger partial charge in [0.25, 0.3) is 5.91 Å². The first-order valence-electron chi connectivity index (χ1n) is 10.3. The summed E-state index contributed by atoms with van der Waals surface area (Å²) in [7, 11) is 4.11. The van der Waals surface area contributed by atoms with Crippen LogP contribution in [0.25, 0.3) is 21.0 Å². The van der Waals surface area contributed by atoms with Gasteiger partial charge in [0.15, 0.2) is 5.13 Å². The van der Waals surface area contributed by atoms with Crippen molar-refractivity contribution in [2.75, 3.05) is 32.1 Å². The van der Waals surface area contributed by atoms with Crippen LogP contribution in [0.1, 0.15) is 27.9 Å². The molecule has 0 atom stereocenters. The Kier molecular flexibility index (Phi) is 5.84. The Morgan fingerprint density at radius 1 is 0.967 bits per heavy atom. The number of carbonyl (C=O) groups is 1. The van der Waals surface area contributed by atoms with Gasteiger partial charge < -0.3 is 4.90 Å². The number of hydrogen-bond donors (Lipinski definition) is 0. The molecule has 154 valence electrons. The van der Waals surface area contributed by atoms with Gasteiger partial charge in [0.05, 0.1) is 10.2 Å². The molecular weight excluding hydrogens is 390 g/mol. The molecule has 0 aliphatic heterocycles. The monoisotopic (exact) mass is 417 g/mol. The Bertz CT molecular complexity index is 1210. The average Bonchev–Trinajstić information content (AvgIpc) is 3.17. The molecule has 0 fully saturated rings. The van der Waals surface area contributed by atoms with Crippen molar-refractivity contribution in [2.24, 2.45) is 0 Å². The molecule has 4 nitrogen and oxygen atoms in total. The van der Waals surface area contributed by atoms with Crippen molar-refractivity contribution in [1.29, 1.82) is 0 Å². The second-order valence-electron chi connectivity index (χ2n) is 7.99. The van der Waals surface area contributed by atoms with E-state index in [1.807, 2.05) is 47.4 Å². The zero-order valence-electron chi connectivity index (χ0n) is 18.0. The lowest BCUT2D eigenvalue weighted by atomic mass is 10.0. The first-order chi connectivity index (χ1) is 14.5. The molecule has 1 heterocycles. The second kappa shape index (κ2) is 8.54. The molecule has 0 spiro atoms. The van der Waals surface area contributed by atoms with Crippen LogP contribution in [0, 0.1) is 13.8 Å². The molecule has 0 saturated heterocycles. The fourth-order valence-electron chi connectivity index (χ4n) is 3.72. The van der Waals surface area contributed by atoms with E-state index in [4.69, 9.17) is 4.98 Å². The van der Waals surface area contributed by atoms with Crippen LogP contribution in [-0.4, -0.2) is 43.0 Å². The van der Waals surface area contributed by atoms with E-state index in [0.29, 0.717) is 6.54 Å². The maximum Gasteiger partial charge on any atom is 0.260 e. The molecule has 30 heavy (non-hydrogen) atoms. The standard InChI is InChI=1S/C25H27N3OS/c1-17-13-14-22-23(18(17)2)26-25(30-22)28(16-8-15-27(3)4)24(29)21-12-7-10-19-9-5-6-11-20(19)21/h5-7,9-14H,8,15-16H2,1-4H3. The number of benzene rings is 3. The van der Waals surface area contributed by atoms with Crippen molar-refractivity contribution in [2.45, 2.75) is 20.3 Å². The van der Waals surface area contributed by atoms with Crippen molar-refractivity contribution in [3.8, 4) is 0 Å². The van der Waals surface area contributed by atoms with Crippen LogP contribution in [0.5, 0.6) is 0 Å². The highest BCUT2D eigenvalue weighted by Crippen LogP contribution is 2.33. The molecular formula is C25H27N3OS. The first-order valence-corrected chi connectivity index (χ1v) is 11.1. The summed E-state index contributed by atoms with van der Waals surface area (Å²) in [6.45, 7) is 5.76. The summed E-state index contributed by atoms with van der Waals surface area (Å²) in [6, 6.07) is 18.2. The molecule has 3 aromatic carbocycles. The summed E-state index contributed by atoms with van der Waals surface area (Å²) >= 11 is 1.60. The number of aromatic nitrogens is 1. The molecule has 0 aliphatic rings. The maximum atomic E-state index is 13.7. The van der Waals surface area contributed by atoms with E-state index in [2.05, 4.69) is 45.0 Å². The third-order valence-corrected chi connectivity index (χ3v) is 6.60. The van der Waals surface area contributed by atoms with Crippen molar-refractivity contribution in [1.82, 2.24) is 9.88 Å². The average molecular weight is 418 g/mol. The van der Waals surface area contributed by atoms with Crippen LogP contribution in [0.2, 0.25) is 0 Å². The van der Waals surface area contributed by atoms with Crippen LogP contribution in [0.4, 0.5) is 5.13 Å². The van der Waals surface area contributed by atoms with Crippen LogP contribution in [0.3, 0.4) is 0 Å². The van der Waals surface area contributed by atoms with E-state index >= 15 is 0 Å². The summed E-state index contributed by atoms with van der Waals surface area (Å²) < 4.78 is 1.12. The SMILES string of the molecule is Cc1ccc2sc(N(CCCN(C)C)C(=O)c3cccc4ccccc34)nc2c1C. The minimum atomic E-state index is 0.0130. The Morgan fingerprint density at radius 2 is 1.73 bits per heavy atom. The lowest BCUT2D eigenvalue weighted by Crippen LogP contribution is -2.33. The van der Waals surface area contributed by atoms with E-state index in [-0.39, 0.29) is 5.91 Å². The number of rotatable bonds is 6. The van der Waals surface area contributed by atoms with Gasteiger partial charge in [0.2, 0.25) is 0 Å². The van der Waals surface area contributed by atoms with Crippen LogP contribution in [-0.2, 0) is 0 Å². The minimum Gasteiger partial charge on any atom is -0.309 e. The molecule has 0 unspecified atom stereocenters. The smallest absolute Gasteiger partial charge is 0.260 e. The first kappa shape index (κ1) is 20.5. The van der Waals surface area contributed by atoms with Gasteiger partial charge in [-0.15, -0.1) is 0 Å². The minimum absolute atomic E-state index is 0.0130. The zero-order valence-corrected chi connectivity index (χ0v) is 18.8. The molecule has 1 aromatic heterocycles.